The summed E-state index contributed by atoms with van der Waals surface area (Å²) in [5.41, 5.74) is 1.46. The summed E-state index contributed by atoms with van der Waals surface area (Å²) in [5.74, 6) is -0.604. The fraction of sp³-hybridized carbons (Fsp3) is 0.250. The highest BCUT2D eigenvalue weighted by Crippen LogP contribution is 2.33. The quantitative estimate of drug-likeness (QED) is 0.889. The second-order valence-corrected chi connectivity index (χ2v) is 5.33. The van der Waals surface area contributed by atoms with E-state index in [9.17, 15) is 14.3 Å². The normalized spacial score (nSPS) is 20.9. The number of H-pyrrole nitrogens is 1. The van der Waals surface area contributed by atoms with Crippen LogP contribution in [0.4, 0.5) is 4.39 Å². The Bertz CT molecular complexity index is 733. The lowest BCUT2D eigenvalue weighted by molar-refractivity contribution is 0.0716. The summed E-state index contributed by atoms with van der Waals surface area (Å²) in [6.45, 7) is 0.216. The molecule has 3 rings (SSSR count). The van der Waals surface area contributed by atoms with Crippen LogP contribution in [-0.4, -0.2) is 33.5 Å². The van der Waals surface area contributed by atoms with Gasteiger partial charge in [-0.1, -0.05) is 12.1 Å². The van der Waals surface area contributed by atoms with E-state index in [1.165, 1.54) is 24.4 Å². The minimum Gasteiger partial charge on any atom is -0.391 e. The molecule has 1 aliphatic heterocycles. The largest absolute Gasteiger partial charge is 0.391 e. The Morgan fingerprint density at radius 1 is 1.41 bits per heavy atom. The predicted octanol–water partition coefficient (Wildman–Crippen LogP) is 1.97. The van der Waals surface area contributed by atoms with Crippen LogP contribution in [0.2, 0.25) is 0 Å². The number of carbonyl (C=O) groups excluding carboxylic acids is 1. The maximum absolute atomic E-state index is 13.0. The molecular weight excluding hydrogens is 285 g/mol. The van der Waals surface area contributed by atoms with Gasteiger partial charge in [-0.05, 0) is 30.2 Å². The van der Waals surface area contributed by atoms with Crippen LogP contribution in [0, 0.1) is 17.1 Å². The highest BCUT2D eigenvalue weighted by molar-refractivity contribution is 5.95. The van der Waals surface area contributed by atoms with E-state index in [2.05, 4.69) is 4.98 Å². The number of nitrogens with zero attached hydrogens (tertiary/aromatic N) is 2. The van der Waals surface area contributed by atoms with Crippen LogP contribution >= 0.6 is 0 Å². The van der Waals surface area contributed by atoms with Gasteiger partial charge in [0.05, 0.1) is 17.7 Å². The minimum absolute atomic E-state index is 0.216. The van der Waals surface area contributed by atoms with Gasteiger partial charge in [0.1, 0.15) is 17.6 Å². The van der Waals surface area contributed by atoms with Crippen molar-refractivity contribution >= 4 is 5.91 Å². The highest BCUT2D eigenvalue weighted by atomic mass is 19.1. The van der Waals surface area contributed by atoms with Gasteiger partial charge in [0.25, 0.3) is 5.91 Å². The van der Waals surface area contributed by atoms with Crippen molar-refractivity contribution in [2.45, 2.75) is 18.6 Å². The number of β-amino-alcohol motifs (C(OH)–C–C–N with tert-alkyl or cyclic N) is 1. The van der Waals surface area contributed by atoms with Crippen molar-refractivity contribution in [2.24, 2.45) is 0 Å². The molecule has 2 atom stereocenters. The maximum Gasteiger partial charge on any atom is 0.256 e. The molecule has 112 valence electrons. The number of aliphatic hydroxyl groups excluding tert-OH is 1. The van der Waals surface area contributed by atoms with E-state index in [0.717, 1.165) is 5.56 Å². The molecule has 1 saturated heterocycles. The number of likely N-dealkylation sites (tertiary alicyclic amines) is 1. The van der Waals surface area contributed by atoms with Crippen molar-refractivity contribution < 1.29 is 14.3 Å². The first-order valence-corrected chi connectivity index (χ1v) is 6.91. The molecule has 1 aromatic heterocycles. The van der Waals surface area contributed by atoms with Crippen molar-refractivity contribution in [3.8, 4) is 6.07 Å². The first-order valence-electron chi connectivity index (χ1n) is 6.91. The van der Waals surface area contributed by atoms with Crippen LogP contribution in [0.3, 0.4) is 0 Å². The number of aromatic amines is 1. The van der Waals surface area contributed by atoms with E-state index in [0.29, 0.717) is 17.7 Å². The van der Waals surface area contributed by atoms with Crippen LogP contribution < -0.4 is 0 Å². The predicted molar refractivity (Wildman–Crippen MR) is 76.3 cm³/mol. The zero-order valence-corrected chi connectivity index (χ0v) is 11.7. The second-order valence-electron chi connectivity index (χ2n) is 5.33. The number of rotatable bonds is 2. The molecule has 2 aromatic rings. The molecule has 0 unspecified atom stereocenters. The summed E-state index contributed by atoms with van der Waals surface area (Å²) >= 11 is 0. The molecule has 1 fully saturated rings. The standard InChI is InChI=1S/C16H14FN3O2/c17-12-3-1-10(2-4-12)15-6-14(21)9-20(15)16(22)11-5-13(7-18)19-8-11/h1-5,8,14-15,19,21H,6,9H2/t14-,15+/m0/s1. The first kappa shape index (κ1) is 14.3. The Kier molecular flexibility index (Phi) is 3.65. The molecule has 1 aromatic carbocycles. The third-order valence-electron chi connectivity index (χ3n) is 3.85. The third-order valence-corrected chi connectivity index (χ3v) is 3.85. The Morgan fingerprint density at radius 2 is 2.14 bits per heavy atom. The lowest BCUT2D eigenvalue weighted by Crippen LogP contribution is -2.31. The van der Waals surface area contributed by atoms with Crippen molar-refractivity contribution in [1.82, 2.24) is 9.88 Å². The number of aliphatic hydroxyl groups is 1. The average Bonchev–Trinajstić information content (AvgIpc) is 3.14. The highest BCUT2D eigenvalue weighted by Gasteiger charge is 2.36. The van der Waals surface area contributed by atoms with E-state index in [4.69, 9.17) is 5.26 Å². The zero-order valence-electron chi connectivity index (χ0n) is 11.7. The van der Waals surface area contributed by atoms with Gasteiger partial charge in [-0.3, -0.25) is 4.79 Å². The van der Waals surface area contributed by atoms with Crippen LogP contribution in [0.15, 0.2) is 36.5 Å². The van der Waals surface area contributed by atoms with Gasteiger partial charge < -0.3 is 15.0 Å². The van der Waals surface area contributed by atoms with Gasteiger partial charge in [-0.25, -0.2) is 4.39 Å². The lowest BCUT2D eigenvalue weighted by Gasteiger charge is -2.24. The molecule has 0 aliphatic carbocycles. The van der Waals surface area contributed by atoms with Crippen molar-refractivity contribution in [3.63, 3.8) is 0 Å². The Labute approximate surface area is 126 Å². The first-order chi connectivity index (χ1) is 10.6. The summed E-state index contributed by atoms with van der Waals surface area (Å²) < 4.78 is 13.0. The third kappa shape index (κ3) is 2.59. The van der Waals surface area contributed by atoms with Crippen LogP contribution in [0.25, 0.3) is 0 Å². The molecule has 22 heavy (non-hydrogen) atoms. The van der Waals surface area contributed by atoms with Gasteiger partial charge in [0, 0.05) is 12.7 Å². The molecule has 2 heterocycles. The smallest absolute Gasteiger partial charge is 0.256 e. The monoisotopic (exact) mass is 299 g/mol. The molecule has 1 amide bonds. The molecule has 0 spiro atoms. The lowest BCUT2D eigenvalue weighted by atomic mass is 10.0. The summed E-state index contributed by atoms with van der Waals surface area (Å²) in [6, 6.07) is 9.03. The Balaban J connectivity index is 1.88. The Morgan fingerprint density at radius 3 is 2.77 bits per heavy atom. The molecule has 5 nitrogen and oxygen atoms in total. The van der Waals surface area contributed by atoms with Crippen molar-refractivity contribution in [3.05, 3.63) is 59.2 Å². The maximum atomic E-state index is 13.0. The van der Waals surface area contributed by atoms with Crippen LogP contribution in [0.1, 0.15) is 34.1 Å². The fourth-order valence-electron chi connectivity index (χ4n) is 2.79. The minimum atomic E-state index is -0.617. The number of benzene rings is 1. The fourth-order valence-corrected chi connectivity index (χ4v) is 2.79. The van der Waals surface area contributed by atoms with E-state index in [1.54, 1.807) is 17.0 Å². The topological polar surface area (TPSA) is 80.1 Å². The number of aromatic nitrogens is 1. The van der Waals surface area contributed by atoms with E-state index < -0.39 is 6.10 Å². The van der Waals surface area contributed by atoms with E-state index >= 15 is 0 Å². The van der Waals surface area contributed by atoms with E-state index in [1.807, 2.05) is 6.07 Å². The van der Waals surface area contributed by atoms with Crippen LogP contribution in [-0.2, 0) is 0 Å². The molecule has 0 bridgehead atoms. The second kappa shape index (κ2) is 5.62. The number of halogens is 1. The number of hydrogen-bond donors (Lipinski definition) is 2. The molecular formula is C16H14FN3O2. The zero-order chi connectivity index (χ0) is 15.7. The average molecular weight is 299 g/mol. The summed E-state index contributed by atoms with van der Waals surface area (Å²) in [7, 11) is 0. The SMILES string of the molecule is N#Cc1cc(C(=O)N2C[C@@H](O)C[C@@H]2c2ccc(F)cc2)c[nH]1. The summed E-state index contributed by atoms with van der Waals surface area (Å²) in [4.78, 5) is 16.9. The molecule has 1 aliphatic rings. The molecule has 0 radical (unpaired) electrons. The van der Waals surface area contributed by atoms with Gasteiger partial charge >= 0.3 is 0 Å². The number of nitriles is 1. The van der Waals surface area contributed by atoms with Crippen molar-refractivity contribution in [1.29, 1.82) is 5.26 Å². The van der Waals surface area contributed by atoms with Gasteiger partial charge in [-0.2, -0.15) is 5.26 Å². The summed E-state index contributed by atoms with van der Waals surface area (Å²) in [5, 5.41) is 18.7. The van der Waals surface area contributed by atoms with E-state index in [-0.39, 0.29) is 24.3 Å². The number of carbonyl (C=O) groups is 1. The number of hydrogen-bond acceptors (Lipinski definition) is 3. The molecule has 6 heteroatoms. The number of amides is 1. The van der Waals surface area contributed by atoms with Gasteiger partial charge in [-0.15, -0.1) is 0 Å². The number of nitrogens with one attached hydrogen (secondary N) is 1. The van der Waals surface area contributed by atoms with Gasteiger partial charge in [0.15, 0.2) is 0 Å². The van der Waals surface area contributed by atoms with Crippen molar-refractivity contribution in [2.75, 3.05) is 6.54 Å². The van der Waals surface area contributed by atoms with Gasteiger partial charge in [0.2, 0.25) is 0 Å². The Hall–Kier alpha value is -2.65. The van der Waals surface area contributed by atoms with Crippen LogP contribution in [0.5, 0.6) is 0 Å². The summed E-state index contributed by atoms with van der Waals surface area (Å²) in [6.07, 6.45) is 1.27. The molecule has 2 N–H and O–H groups in total. The molecule has 0 saturated carbocycles.